The number of nitro groups is 2. The highest BCUT2D eigenvalue weighted by Gasteiger charge is 2.21. The van der Waals surface area contributed by atoms with Crippen LogP contribution in [0.2, 0.25) is 0 Å². The average Bonchev–Trinajstić information content (AvgIpc) is 2.54. The lowest BCUT2D eigenvalue weighted by Crippen LogP contribution is -2.02. The maximum atomic E-state index is 10.6. The van der Waals surface area contributed by atoms with Crippen molar-refractivity contribution in [2.45, 2.75) is 6.61 Å². The highest BCUT2D eigenvalue weighted by atomic mass is 32.2. The molecular weight excluding hydrogens is 340 g/mol. The lowest BCUT2D eigenvalue weighted by Gasteiger charge is -1.99. The molecular formula is C14H14N2O7S. The molecule has 0 amide bonds. The Balaban J connectivity index is 0.000000240. The first-order valence-corrected chi connectivity index (χ1v) is 8.28. The van der Waals surface area contributed by atoms with Crippen LogP contribution in [0.3, 0.4) is 0 Å². The highest BCUT2D eigenvalue weighted by molar-refractivity contribution is 7.85. The second-order valence-electron chi connectivity index (χ2n) is 4.45. The Morgan fingerprint density at radius 1 is 0.875 bits per heavy atom. The molecule has 0 aliphatic rings. The van der Waals surface area contributed by atoms with Gasteiger partial charge in [0.1, 0.15) is 0 Å². The Hall–Kier alpha value is -2.85. The number of para-hydroxylation sites is 2. The van der Waals surface area contributed by atoms with Gasteiger partial charge in [0.15, 0.2) is 0 Å². The molecule has 0 fully saturated rings. The minimum Gasteiger partial charge on any atom is -0.265 e. The molecule has 24 heavy (non-hydrogen) atoms. The Labute approximate surface area is 137 Å². The van der Waals surface area contributed by atoms with Crippen LogP contribution < -0.4 is 0 Å². The minimum atomic E-state index is -3.32. The van der Waals surface area contributed by atoms with Gasteiger partial charge in [-0.25, -0.2) is 0 Å². The Morgan fingerprint density at radius 3 is 1.67 bits per heavy atom. The van der Waals surface area contributed by atoms with E-state index in [2.05, 4.69) is 4.18 Å². The molecule has 0 bridgehead atoms. The molecule has 128 valence electrons. The molecule has 0 N–H and O–H groups in total. The molecule has 10 heteroatoms. The summed E-state index contributed by atoms with van der Waals surface area (Å²) in [4.78, 5) is 18.9. The van der Waals surface area contributed by atoms with Gasteiger partial charge in [0, 0.05) is 12.1 Å². The zero-order valence-electron chi connectivity index (χ0n) is 12.6. The molecule has 0 saturated heterocycles. The number of benzene rings is 2. The van der Waals surface area contributed by atoms with Gasteiger partial charge in [0.25, 0.3) is 10.1 Å². The maximum absolute atomic E-state index is 10.6. The van der Waals surface area contributed by atoms with E-state index in [9.17, 15) is 28.6 Å². The van der Waals surface area contributed by atoms with Crippen LogP contribution in [0.25, 0.3) is 0 Å². The summed E-state index contributed by atoms with van der Waals surface area (Å²) in [5.41, 5.74) is -0.118. The van der Waals surface area contributed by atoms with Crippen molar-refractivity contribution in [2.24, 2.45) is 0 Å². The molecule has 0 aliphatic heterocycles. The largest absolute Gasteiger partial charge is 0.346 e. The fourth-order valence-electron chi connectivity index (χ4n) is 1.52. The smallest absolute Gasteiger partial charge is 0.265 e. The van der Waals surface area contributed by atoms with Crippen LogP contribution >= 0.6 is 0 Å². The second-order valence-corrected chi connectivity index (χ2v) is 6.10. The van der Waals surface area contributed by atoms with Gasteiger partial charge in [0.2, 0.25) is 0 Å². The average molecular weight is 354 g/mol. The zero-order chi connectivity index (χ0) is 18.2. The molecule has 0 saturated carbocycles. The number of nitrogens with zero attached hydrogens (tertiary/aromatic N) is 2. The number of rotatable bonds is 5. The molecule has 2 aromatic rings. The summed E-state index contributed by atoms with van der Waals surface area (Å²) >= 11 is 0. The van der Waals surface area contributed by atoms with Crippen molar-refractivity contribution in [1.82, 2.24) is 0 Å². The Morgan fingerprint density at radius 2 is 1.29 bits per heavy atom. The molecule has 0 unspecified atom stereocenters. The lowest BCUT2D eigenvalue weighted by atomic mass is 10.2. The molecule has 2 rings (SSSR count). The highest BCUT2D eigenvalue weighted by Crippen LogP contribution is 2.24. The van der Waals surface area contributed by atoms with Crippen LogP contribution in [-0.4, -0.2) is 24.5 Å². The molecule has 0 aromatic heterocycles. The van der Waals surface area contributed by atoms with Crippen molar-refractivity contribution in [3.63, 3.8) is 0 Å². The van der Waals surface area contributed by atoms with E-state index in [0.717, 1.165) is 24.0 Å². The molecule has 0 spiro atoms. The number of hydrogen-bond donors (Lipinski definition) is 0. The molecule has 0 heterocycles. The normalized spacial score (nSPS) is 10.4. The predicted octanol–water partition coefficient (Wildman–Crippen LogP) is 2.67. The van der Waals surface area contributed by atoms with E-state index in [-0.39, 0.29) is 6.61 Å². The van der Waals surface area contributed by atoms with Crippen LogP contribution in [0.4, 0.5) is 11.4 Å². The summed E-state index contributed by atoms with van der Waals surface area (Å²) in [7, 11) is -3.32. The summed E-state index contributed by atoms with van der Waals surface area (Å²) in [6.45, 7) is 0.111. The molecule has 0 aliphatic carbocycles. The molecule has 0 radical (unpaired) electrons. The van der Waals surface area contributed by atoms with Gasteiger partial charge >= 0.3 is 11.4 Å². The van der Waals surface area contributed by atoms with E-state index in [1.807, 2.05) is 30.3 Å². The Kier molecular flexibility index (Phi) is 6.96. The number of hydrogen-bond acceptors (Lipinski definition) is 7. The Bertz CT molecular complexity index is 774. The number of nitro benzene ring substituents is 2. The van der Waals surface area contributed by atoms with Gasteiger partial charge in [-0.1, -0.05) is 42.5 Å². The van der Waals surface area contributed by atoms with E-state index in [0.29, 0.717) is 0 Å². The SMILES string of the molecule is CS(=O)(=O)OCc1ccccc1.O=[N+]([O-])c1ccccc1[N+](=O)[O-]. The van der Waals surface area contributed by atoms with E-state index in [4.69, 9.17) is 0 Å². The first-order chi connectivity index (χ1) is 11.2. The van der Waals surface area contributed by atoms with Crippen molar-refractivity contribution >= 4 is 21.5 Å². The second kappa shape index (κ2) is 8.70. The van der Waals surface area contributed by atoms with Gasteiger partial charge in [0.05, 0.1) is 22.7 Å². The molecule has 2 aromatic carbocycles. The van der Waals surface area contributed by atoms with Gasteiger partial charge < -0.3 is 0 Å². The van der Waals surface area contributed by atoms with Gasteiger partial charge in [-0.15, -0.1) is 0 Å². The summed E-state index contributed by atoms with van der Waals surface area (Å²) < 4.78 is 25.8. The third kappa shape index (κ3) is 6.94. The van der Waals surface area contributed by atoms with Crippen molar-refractivity contribution < 1.29 is 22.4 Å². The van der Waals surface area contributed by atoms with Crippen molar-refractivity contribution in [1.29, 1.82) is 0 Å². The van der Waals surface area contributed by atoms with Crippen molar-refractivity contribution in [2.75, 3.05) is 6.26 Å². The first kappa shape index (κ1) is 19.2. The molecule has 0 atom stereocenters. The summed E-state index contributed by atoms with van der Waals surface area (Å²) in [6.07, 6.45) is 1.04. The molecule has 9 nitrogen and oxygen atoms in total. The van der Waals surface area contributed by atoms with Gasteiger partial charge in [-0.2, -0.15) is 8.42 Å². The van der Waals surface area contributed by atoms with Gasteiger partial charge in [-0.05, 0) is 5.56 Å². The van der Waals surface area contributed by atoms with Crippen molar-refractivity contribution in [3.05, 3.63) is 80.4 Å². The van der Waals surface area contributed by atoms with Crippen LogP contribution in [-0.2, 0) is 20.9 Å². The monoisotopic (exact) mass is 354 g/mol. The third-order valence-electron chi connectivity index (χ3n) is 2.56. The third-order valence-corrected chi connectivity index (χ3v) is 3.10. The standard InChI is InChI=1S/C8H10O3S.C6H4N2O4/c1-12(9,10)11-7-8-5-3-2-4-6-8;9-7(10)5-3-1-2-4-6(5)8(11)12/h2-6H,7H2,1H3;1-4H. The van der Waals surface area contributed by atoms with E-state index in [1.165, 1.54) is 12.1 Å². The predicted molar refractivity (Wildman–Crippen MR) is 85.8 cm³/mol. The van der Waals surface area contributed by atoms with E-state index < -0.39 is 31.3 Å². The fourth-order valence-corrected chi connectivity index (χ4v) is 1.87. The lowest BCUT2D eigenvalue weighted by molar-refractivity contribution is -0.422. The van der Waals surface area contributed by atoms with Crippen LogP contribution in [0.15, 0.2) is 54.6 Å². The van der Waals surface area contributed by atoms with Crippen LogP contribution in [0.1, 0.15) is 5.56 Å². The summed E-state index contributed by atoms with van der Waals surface area (Å²) in [5, 5.41) is 20.5. The minimum absolute atomic E-state index is 0.111. The van der Waals surface area contributed by atoms with Crippen LogP contribution in [0, 0.1) is 20.2 Å². The van der Waals surface area contributed by atoms with Crippen LogP contribution in [0.5, 0.6) is 0 Å². The first-order valence-electron chi connectivity index (χ1n) is 6.47. The summed E-state index contributed by atoms with van der Waals surface area (Å²) in [6, 6.07) is 14.1. The van der Waals surface area contributed by atoms with Crippen molar-refractivity contribution in [3.8, 4) is 0 Å². The van der Waals surface area contributed by atoms with E-state index >= 15 is 0 Å². The fraction of sp³-hybridized carbons (Fsp3) is 0.143. The zero-order valence-corrected chi connectivity index (χ0v) is 13.4. The quantitative estimate of drug-likeness (QED) is 0.458. The topological polar surface area (TPSA) is 130 Å². The summed E-state index contributed by atoms with van der Waals surface area (Å²) in [5.74, 6) is 0. The maximum Gasteiger partial charge on any atom is 0.346 e. The van der Waals surface area contributed by atoms with E-state index in [1.54, 1.807) is 0 Å². The van der Waals surface area contributed by atoms with Gasteiger partial charge in [-0.3, -0.25) is 24.4 Å².